The van der Waals surface area contributed by atoms with Crippen molar-refractivity contribution >= 4 is 40.1 Å². The summed E-state index contributed by atoms with van der Waals surface area (Å²) in [6.45, 7) is 10.5. The van der Waals surface area contributed by atoms with E-state index in [0.29, 0.717) is 58.9 Å². The number of piperazine rings is 1. The zero-order valence-electron chi connectivity index (χ0n) is 28.1. The molecule has 5 aromatic rings. The smallest absolute Gasteiger partial charge is 0.274 e. The fraction of sp³-hybridized carbons (Fsp3) is 0.417. The molecule has 0 radical (unpaired) electrons. The van der Waals surface area contributed by atoms with Crippen molar-refractivity contribution in [3.63, 3.8) is 0 Å². The Morgan fingerprint density at radius 1 is 1.04 bits per heavy atom. The fourth-order valence-corrected chi connectivity index (χ4v) is 7.96. The highest BCUT2D eigenvalue weighted by Gasteiger charge is 2.37. The molecule has 0 bridgehead atoms. The van der Waals surface area contributed by atoms with E-state index in [2.05, 4.69) is 53.5 Å². The topological polar surface area (TPSA) is 141 Å². The number of aliphatic hydroxyl groups excluding tert-OH is 1. The van der Waals surface area contributed by atoms with Crippen molar-refractivity contribution < 1.29 is 19.0 Å². The van der Waals surface area contributed by atoms with Crippen LogP contribution in [0.4, 0.5) is 27.4 Å². The number of amides is 1. The maximum atomic E-state index is 15.5. The predicted octanol–water partition coefficient (Wildman–Crippen LogP) is 3.90. The van der Waals surface area contributed by atoms with Crippen LogP contribution in [-0.2, 0) is 30.7 Å². The molecule has 50 heavy (non-hydrogen) atoms. The maximum absolute atomic E-state index is 15.5. The number of hydrogen-bond acceptors (Lipinski definition) is 10. The average Bonchev–Trinajstić information content (AvgIpc) is 3.77. The number of aromatic nitrogens is 6. The lowest BCUT2D eigenvalue weighted by Gasteiger charge is -2.43. The number of aromatic amines is 1. The van der Waals surface area contributed by atoms with Gasteiger partial charge in [0.05, 0.1) is 49.8 Å². The molecule has 0 saturated carbocycles. The van der Waals surface area contributed by atoms with Crippen LogP contribution in [-0.4, -0.2) is 97.4 Å². The highest BCUT2D eigenvalue weighted by molar-refractivity contribution is 6.07. The van der Waals surface area contributed by atoms with E-state index in [4.69, 9.17) is 9.72 Å². The summed E-state index contributed by atoms with van der Waals surface area (Å²) in [5.41, 5.74) is 6.08. The molecule has 1 aliphatic carbocycles. The molecule has 0 atom stereocenters. The van der Waals surface area contributed by atoms with Crippen LogP contribution in [0.2, 0.25) is 0 Å². The Kier molecular flexibility index (Phi) is 7.37. The number of rotatable bonds is 7. The molecule has 14 heteroatoms. The van der Waals surface area contributed by atoms with E-state index >= 15 is 4.39 Å². The van der Waals surface area contributed by atoms with Crippen molar-refractivity contribution in [1.82, 2.24) is 34.4 Å². The molecular formula is C36H39FN10O3. The first kappa shape index (κ1) is 31.1. The number of imidazole rings is 1. The predicted molar refractivity (Wildman–Crippen MR) is 186 cm³/mol. The second-order valence-corrected chi connectivity index (χ2v) is 14.5. The van der Waals surface area contributed by atoms with Crippen LogP contribution in [0.5, 0.6) is 0 Å². The molecule has 3 aliphatic heterocycles. The molecule has 2 saturated heterocycles. The van der Waals surface area contributed by atoms with Crippen molar-refractivity contribution in [3.8, 4) is 11.4 Å². The normalized spacial score (nSPS) is 19.2. The summed E-state index contributed by atoms with van der Waals surface area (Å²) < 4.78 is 22.9. The third-order valence-corrected chi connectivity index (χ3v) is 10.6. The van der Waals surface area contributed by atoms with E-state index in [1.807, 2.05) is 24.4 Å². The van der Waals surface area contributed by atoms with Crippen molar-refractivity contribution in [3.05, 3.63) is 71.2 Å². The van der Waals surface area contributed by atoms with Crippen LogP contribution in [0, 0.1) is 11.2 Å². The second-order valence-electron chi connectivity index (χ2n) is 14.5. The van der Waals surface area contributed by atoms with Gasteiger partial charge in [0.1, 0.15) is 22.8 Å². The number of carbonyl (C=O) groups is 1. The SMILES string of the molecule is CC1(C)Cc2cc3n(c2C1)CCN(c1cc(F)cc(-c2nc(Nc4ccc(N5CCN(C6COC6)CC5)cn4)c4[nH]cnc4n2)c1CO)C3=O. The average molecular weight is 679 g/mol. The quantitative estimate of drug-likeness (QED) is 0.232. The van der Waals surface area contributed by atoms with E-state index in [1.54, 1.807) is 4.90 Å². The first-order chi connectivity index (χ1) is 24.2. The third-order valence-electron chi connectivity index (χ3n) is 10.6. The molecule has 3 N–H and O–H groups in total. The number of hydrogen-bond donors (Lipinski definition) is 3. The van der Waals surface area contributed by atoms with E-state index in [-0.39, 0.29) is 22.7 Å². The highest BCUT2D eigenvalue weighted by atomic mass is 19.1. The number of anilines is 4. The number of carbonyl (C=O) groups excluding carboxylic acids is 1. The number of nitrogens with one attached hydrogen (secondary N) is 2. The van der Waals surface area contributed by atoms with E-state index in [9.17, 15) is 9.90 Å². The van der Waals surface area contributed by atoms with Gasteiger partial charge in [-0.15, -0.1) is 0 Å². The monoisotopic (exact) mass is 678 g/mol. The highest BCUT2D eigenvalue weighted by Crippen LogP contribution is 2.41. The van der Waals surface area contributed by atoms with E-state index in [0.717, 1.165) is 57.9 Å². The number of ether oxygens (including phenoxy) is 1. The van der Waals surface area contributed by atoms with Crippen LogP contribution in [0.1, 0.15) is 41.2 Å². The van der Waals surface area contributed by atoms with Gasteiger partial charge in [0.15, 0.2) is 17.3 Å². The van der Waals surface area contributed by atoms with Gasteiger partial charge in [0.2, 0.25) is 0 Å². The summed E-state index contributed by atoms with van der Waals surface area (Å²) in [7, 11) is 0. The van der Waals surface area contributed by atoms with Crippen molar-refractivity contribution in [2.75, 3.05) is 61.1 Å². The molecule has 0 unspecified atom stereocenters. The molecule has 1 amide bonds. The number of halogens is 1. The summed E-state index contributed by atoms with van der Waals surface area (Å²) in [6, 6.07) is 9.07. The number of fused-ring (bicyclic) bond motifs is 4. The molecule has 9 rings (SSSR count). The fourth-order valence-electron chi connectivity index (χ4n) is 7.96. The van der Waals surface area contributed by atoms with Crippen LogP contribution in [0.3, 0.4) is 0 Å². The number of aliphatic hydroxyl groups is 1. The van der Waals surface area contributed by atoms with Crippen molar-refractivity contribution in [2.45, 2.75) is 45.9 Å². The number of nitrogens with zero attached hydrogens (tertiary/aromatic N) is 8. The first-order valence-electron chi connectivity index (χ1n) is 17.2. The van der Waals surface area contributed by atoms with Gasteiger partial charge in [-0.2, -0.15) is 0 Å². The molecule has 4 aromatic heterocycles. The van der Waals surface area contributed by atoms with Gasteiger partial charge in [0.25, 0.3) is 5.91 Å². The number of H-pyrrole nitrogens is 1. The summed E-state index contributed by atoms with van der Waals surface area (Å²) in [4.78, 5) is 41.8. The minimum Gasteiger partial charge on any atom is -0.392 e. The number of benzene rings is 1. The van der Waals surface area contributed by atoms with Crippen molar-refractivity contribution in [1.29, 1.82) is 0 Å². The van der Waals surface area contributed by atoms with Crippen LogP contribution >= 0.6 is 0 Å². The van der Waals surface area contributed by atoms with Crippen LogP contribution in [0.25, 0.3) is 22.6 Å². The van der Waals surface area contributed by atoms with E-state index in [1.165, 1.54) is 29.7 Å². The Balaban J connectivity index is 1.00. The summed E-state index contributed by atoms with van der Waals surface area (Å²) >= 11 is 0. The third kappa shape index (κ3) is 5.29. The van der Waals surface area contributed by atoms with Gasteiger partial charge in [0, 0.05) is 56.1 Å². The van der Waals surface area contributed by atoms with Crippen molar-refractivity contribution in [2.24, 2.45) is 5.41 Å². The minimum atomic E-state index is -0.565. The van der Waals surface area contributed by atoms with Gasteiger partial charge in [-0.05, 0) is 54.2 Å². The largest absolute Gasteiger partial charge is 0.392 e. The minimum absolute atomic E-state index is 0.164. The summed E-state index contributed by atoms with van der Waals surface area (Å²) in [5, 5.41) is 14.0. The van der Waals surface area contributed by atoms with E-state index < -0.39 is 12.4 Å². The Labute approximate surface area is 288 Å². The molecule has 0 spiro atoms. The molecule has 258 valence electrons. The Morgan fingerprint density at radius 2 is 1.88 bits per heavy atom. The maximum Gasteiger partial charge on any atom is 0.274 e. The Bertz CT molecular complexity index is 2110. The molecule has 1 aromatic carbocycles. The van der Waals surface area contributed by atoms with Gasteiger partial charge >= 0.3 is 0 Å². The lowest BCUT2D eigenvalue weighted by molar-refractivity contribution is -0.0660. The van der Waals surface area contributed by atoms with Gasteiger partial charge < -0.3 is 34.5 Å². The van der Waals surface area contributed by atoms with Crippen LogP contribution in [0.15, 0.2) is 42.9 Å². The zero-order valence-corrected chi connectivity index (χ0v) is 28.1. The summed E-state index contributed by atoms with van der Waals surface area (Å²) in [6.07, 6.45) is 5.20. The Hall–Kier alpha value is -4.92. The molecule has 2 fully saturated rings. The van der Waals surface area contributed by atoms with Gasteiger partial charge in [-0.25, -0.2) is 24.3 Å². The lowest BCUT2D eigenvalue weighted by atomic mass is 9.90. The summed E-state index contributed by atoms with van der Waals surface area (Å²) in [5.74, 6) is 0.351. The zero-order chi connectivity index (χ0) is 34.1. The van der Waals surface area contributed by atoms with Gasteiger partial charge in [-0.3, -0.25) is 9.69 Å². The second kappa shape index (κ2) is 11.9. The number of pyridine rings is 1. The Morgan fingerprint density at radius 3 is 2.62 bits per heavy atom. The molecular weight excluding hydrogens is 639 g/mol. The standard InChI is InChI=1S/C36H39FN10O3/c1-36(2)14-21-11-28-35(49)47(10-9-46(28)29(21)15-36)27-13-22(37)12-25(26(27)17-48)32-42-33-31(39-20-40-33)34(43-32)41-30-4-3-23(16-38-30)44-5-7-45(8-6-44)24-18-50-19-24/h3-4,11-13,16,20,24,48H,5-10,14-15,17-19H2,1-2H3,(H2,38,39,40,41,42,43). The van der Waals surface area contributed by atoms with Gasteiger partial charge in [-0.1, -0.05) is 13.8 Å². The molecule has 7 heterocycles. The lowest BCUT2D eigenvalue weighted by Crippen LogP contribution is -2.56. The molecule has 13 nitrogen and oxygen atoms in total. The van der Waals surface area contributed by atoms with Crippen LogP contribution < -0.4 is 15.1 Å². The first-order valence-corrected chi connectivity index (χ1v) is 17.2. The molecule has 4 aliphatic rings.